The average molecular weight is 367 g/mol. The number of sulfonamides is 1. The highest BCUT2D eigenvalue weighted by Crippen LogP contribution is 2.14. The molecule has 0 fully saturated rings. The van der Waals surface area contributed by atoms with Crippen molar-refractivity contribution in [2.24, 2.45) is 0 Å². The van der Waals surface area contributed by atoms with Gasteiger partial charge in [-0.05, 0) is 36.6 Å². The lowest BCUT2D eigenvalue weighted by atomic mass is 10.1. The first-order valence-electron chi connectivity index (χ1n) is 7.51. The van der Waals surface area contributed by atoms with Crippen LogP contribution in [0.2, 0.25) is 5.02 Å². The molecule has 0 heterocycles. The summed E-state index contributed by atoms with van der Waals surface area (Å²) >= 11 is 5.82. The summed E-state index contributed by atoms with van der Waals surface area (Å²) in [5, 5.41) is 3.08. The number of rotatable bonds is 8. The first-order chi connectivity index (χ1) is 11.4. The maximum Gasteiger partial charge on any atom is 0.239 e. The standard InChI is InChI=1S/C17H19ClN2O3S/c18-15-9-4-10-16(12-15)20-17(21)13-19-24(22,23)11-5-8-14-6-2-1-3-7-14/h1-4,6-7,9-10,12,19H,5,8,11,13H2,(H,20,21). The SMILES string of the molecule is O=C(CNS(=O)(=O)CCCc1ccccc1)Nc1cccc(Cl)c1. The molecule has 0 aliphatic heterocycles. The van der Waals surface area contributed by atoms with Crippen molar-refractivity contribution < 1.29 is 13.2 Å². The van der Waals surface area contributed by atoms with Gasteiger partial charge in [-0.15, -0.1) is 0 Å². The highest BCUT2D eigenvalue weighted by atomic mass is 35.5. The fraction of sp³-hybridized carbons (Fsp3) is 0.235. The number of nitrogens with one attached hydrogen (secondary N) is 2. The Kier molecular flexibility index (Phi) is 6.78. The summed E-state index contributed by atoms with van der Waals surface area (Å²) in [4.78, 5) is 11.8. The summed E-state index contributed by atoms with van der Waals surface area (Å²) in [5.41, 5.74) is 1.61. The van der Waals surface area contributed by atoms with Gasteiger partial charge in [-0.25, -0.2) is 13.1 Å². The highest BCUT2D eigenvalue weighted by Gasteiger charge is 2.12. The van der Waals surface area contributed by atoms with E-state index < -0.39 is 15.9 Å². The topological polar surface area (TPSA) is 75.3 Å². The van der Waals surface area contributed by atoms with Gasteiger partial charge in [0.05, 0.1) is 12.3 Å². The third kappa shape index (κ3) is 6.70. The van der Waals surface area contributed by atoms with E-state index in [1.807, 2.05) is 30.3 Å². The van der Waals surface area contributed by atoms with Crippen molar-refractivity contribution in [2.75, 3.05) is 17.6 Å². The molecule has 7 heteroatoms. The predicted molar refractivity (Wildman–Crippen MR) is 96.6 cm³/mol. The first-order valence-corrected chi connectivity index (χ1v) is 9.54. The van der Waals surface area contributed by atoms with Crippen LogP contribution in [0, 0.1) is 0 Å². The van der Waals surface area contributed by atoms with E-state index >= 15 is 0 Å². The van der Waals surface area contributed by atoms with Crippen molar-refractivity contribution in [1.82, 2.24) is 4.72 Å². The fourth-order valence-electron chi connectivity index (χ4n) is 2.13. The van der Waals surface area contributed by atoms with Crippen LogP contribution in [0.1, 0.15) is 12.0 Å². The molecule has 0 saturated heterocycles. The molecular formula is C17H19ClN2O3S. The van der Waals surface area contributed by atoms with E-state index in [9.17, 15) is 13.2 Å². The zero-order valence-electron chi connectivity index (χ0n) is 13.0. The van der Waals surface area contributed by atoms with Crippen LogP contribution in [0.15, 0.2) is 54.6 Å². The molecule has 0 aliphatic rings. The Balaban J connectivity index is 1.74. The minimum Gasteiger partial charge on any atom is -0.325 e. The van der Waals surface area contributed by atoms with Crippen LogP contribution in [0.4, 0.5) is 5.69 Å². The van der Waals surface area contributed by atoms with Gasteiger partial charge in [-0.3, -0.25) is 4.79 Å². The predicted octanol–water partition coefficient (Wildman–Crippen LogP) is 2.83. The van der Waals surface area contributed by atoms with Crippen LogP contribution >= 0.6 is 11.6 Å². The normalized spacial score (nSPS) is 11.2. The molecule has 1 amide bonds. The van der Waals surface area contributed by atoms with Crippen LogP contribution in [-0.4, -0.2) is 26.6 Å². The summed E-state index contributed by atoms with van der Waals surface area (Å²) < 4.78 is 26.1. The Hall–Kier alpha value is -1.89. The molecule has 5 nitrogen and oxygen atoms in total. The summed E-state index contributed by atoms with van der Waals surface area (Å²) in [6, 6.07) is 16.3. The van der Waals surface area contributed by atoms with Gasteiger partial charge in [0.1, 0.15) is 0 Å². The van der Waals surface area contributed by atoms with E-state index in [1.54, 1.807) is 24.3 Å². The molecule has 0 spiro atoms. The number of benzene rings is 2. The Morgan fingerprint density at radius 2 is 1.79 bits per heavy atom. The van der Waals surface area contributed by atoms with Gasteiger partial charge in [0.2, 0.25) is 15.9 Å². The van der Waals surface area contributed by atoms with Crippen LogP contribution in [0.5, 0.6) is 0 Å². The molecule has 0 aliphatic carbocycles. The van der Waals surface area contributed by atoms with E-state index in [-0.39, 0.29) is 12.3 Å². The molecule has 2 rings (SSSR count). The van der Waals surface area contributed by atoms with E-state index in [2.05, 4.69) is 10.0 Å². The Bertz CT molecular complexity index is 779. The molecule has 128 valence electrons. The molecule has 0 bridgehead atoms. The van der Waals surface area contributed by atoms with Gasteiger partial charge in [-0.1, -0.05) is 48.0 Å². The summed E-state index contributed by atoms with van der Waals surface area (Å²) in [5.74, 6) is -0.462. The smallest absolute Gasteiger partial charge is 0.239 e. The molecule has 0 aromatic heterocycles. The zero-order valence-corrected chi connectivity index (χ0v) is 14.6. The second-order valence-corrected chi connectivity index (χ2v) is 7.65. The molecule has 0 saturated carbocycles. The maximum atomic E-state index is 11.9. The van der Waals surface area contributed by atoms with Gasteiger partial charge in [0.15, 0.2) is 0 Å². The Morgan fingerprint density at radius 1 is 1.04 bits per heavy atom. The number of carbonyl (C=O) groups is 1. The largest absolute Gasteiger partial charge is 0.325 e. The Morgan fingerprint density at radius 3 is 2.50 bits per heavy atom. The lowest BCUT2D eigenvalue weighted by Crippen LogP contribution is -2.34. The van der Waals surface area contributed by atoms with Crippen molar-refractivity contribution >= 4 is 33.2 Å². The minimum atomic E-state index is -3.48. The number of anilines is 1. The molecule has 0 radical (unpaired) electrons. The molecule has 2 N–H and O–H groups in total. The van der Waals surface area contributed by atoms with Gasteiger partial charge >= 0.3 is 0 Å². The molecule has 0 unspecified atom stereocenters. The van der Waals surface area contributed by atoms with Crippen molar-refractivity contribution in [3.05, 3.63) is 65.2 Å². The molecule has 2 aromatic rings. The second kappa shape index (κ2) is 8.82. The summed E-state index contributed by atoms with van der Waals surface area (Å²) in [7, 11) is -3.48. The summed E-state index contributed by atoms with van der Waals surface area (Å²) in [6.07, 6.45) is 1.17. The number of hydrogen-bond acceptors (Lipinski definition) is 3. The van der Waals surface area contributed by atoms with Crippen molar-refractivity contribution in [3.63, 3.8) is 0 Å². The third-order valence-corrected chi connectivity index (χ3v) is 4.93. The number of hydrogen-bond donors (Lipinski definition) is 2. The average Bonchev–Trinajstić information content (AvgIpc) is 2.54. The van der Waals surface area contributed by atoms with E-state index in [1.165, 1.54) is 0 Å². The first kappa shape index (κ1) is 18.4. The van der Waals surface area contributed by atoms with Gasteiger partial charge < -0.3 is 5.32 Å². The van der Waals surface area contributed by atoms with Gasteiger partial charge in [0, 0.05) is 10.7 Å². The lowest BCUT2D eigenvalue weighted by molar-refractivity contribution is -0.115. The van der Waals surface area contributed by atoms with Crippen LogP contribution in [0.3, 0.4) is 0 Å². The second-order valence-electron chi connectivity index (χ2n) is 5.29. The Labute approximate surface area is 147 Å². The monoisotopic (exact) mass is 366 g/mol. The van der Waals surface area contributed by atoms with Crippen LogP contribution < -0.4 is 10.0 Å². The van der Waals surface area contributed by atoms with E-state index in [0.29, 0.717) is 23.6 Å². The number of aryl methyl sites for hydroxylation is 1. The minimum absolute atomic E-state index is 0.0215. The molecule has 2 aromatic carbocycles. The van der Waals surface area contributed by atoms with Crippen molar-refractivity contribution in [1.29, 1.82) is 0 Å². The molecule has 0 atom stereocenters. The number of amides is 1. The van der Waals surface area contributed by atoms with E-state index in [0.717, 1.165) is 5.56 Å². The van der Waals surface area contributed by atoms with E-state index in [4.69, 9.17) is 11.6 Å². The van der Waals surface area contributed by atoms with Crippen molar-refractivity contribution in [3.8, 4) is 0 Å². The summed E-state index contributed by atoms with van der Waals surface area (Å²) in [6.45, 7) is -0.305. The van der Waals surface area contributed by atoms with Crippen molar-refractivity contribution in [2.45, 2.75) is 12.8 Å². The zero-order chi connectivity index (χ0) is 17.4. The number of carbonyl (C=O) groups excluding carboxylic acids is 1. The van der Waals surface area contributed by atoms with Crippen LogP contribution in [0.25, 0.3) is 0 Å². The maximum absolute atomic E-state index is 11.9. The van der Waals surface area contributed by atoms with Gasteiger partial charge in [-0.2, -0.15) is 0 Å². The third-order valence-electron chi connectivity index (χ3n) is 3.28. The fourth-order valence-corrected chi connectivity index (χ4v) is 3.34. The quantitative estimate of drug-likeness (QED) is 0.754. The van der Waals surface area contributed by atoms with Gasteiger partial charge in [0.25, 0.3) is 0 Å². The highest BCUT2D eigenvalue weighted by molar-refractivity contribution is 7.89. The molecule has 24 heavy (non-hydrogen) atoms. The molecular weight excluding hydrogens is 348 g/mol. The number of halogens is 1. The lowest BCUT2D eigenvalue weighted by Gasteiger charge is -2.08. The van der Waals surface area contributed by atoms with Crippen LogP contribution in [-0.2, 0) is 21.2 Å².